The summed E-state index contributed by atoms with van der Waals surface area (Å²) in [6.07, 6.45) is -2.15. The molecule has 0 fully saturated rings. The Morgan fingerprint density at radius 3 is 2.62 bits per heavy atom. The highest BCUT2D eigenvalue weighted by Gasteiger charge is 2.39. The van der Waals surface area contributed by atoms with Gasteiger partial charge in [0, 0.05) is 4.88 Å². The van der Waals surface area contributed by atoms with Crippen molar-refractivity contribution in [3.63, 3.8) is 0 Å². The van der Waals surface area contributed by atoms with Crippen LogP contribution in [0, 0.1) is 0 Å². The van der Waals surface area contributed by atoms with Gasteiger partial charge in [-0.1, -0.05) is 6.92 Å². The van der Waals surface area contributed by atoms with Crippen LogP contribution in [0.4, 0.5) is 13.2 Å². The highest BCUT2D eigenvalue weighted by Crippen LogP contribution is 2.41. The standard InChI is InChI=1S/C18H15F3N2O2S/c1-9-3-2-4-12-13(9)14-15(26-12)22-17(18(19,20)21)23(16(14)25)10-5-7-11(24)8-6-10/h5-9,24H,2-4H2,1H3. The van der Waals surface area contributed by atoms with Crippen molar-refractivity contribution >= 4 is 21.6 Å². The number of halogens is 3. The Balaban J connectivity index is 2.11. The van der Waals surface area contributed by atoms with Crippen molar-refractivity contribution in [2.24, 2.45) is 0 Å². The van der Waals surface area contributed by atoms with Crippen LogP contribution >= 0.6 is 11.3 Å². The third-order valence-corrected chi connectivity index (χ3v) is 5.89. The Morgan fingerprint density at radius 1 is 1.27 bits per heavy atom. The maximum atomic E-state index is 13.6. The molecule has 1 aliphatic rings. The fraction of sp³-hybridized carbons (Fsp3) is 0.333. The topological polar surface area (TPSA) is 55.1 Å². The molecule has 26 heavy (non-hydrogen) atoms. The number of aromatic hydroxyl groups is 1. The molecule has 0 spiro atoms. The van der Waals surface area contributed by atoms with Crippen LogP contribution in [0.1, 0.15) is 41.9 Å². The molecule has 1 aromatic carbocycles. The van der Waals surface area contributed by atoms with Crippen LogP contribution in [0.15, 0.2) is 29.1 Å². The minimum absolute atomic E-state index is 0.0259. The van der Waals surface area contributed by atoms with Gasteiger partial charge in [-0.05, 0) is 55.0 Å². The van der Waals surface area contributed by atoms with Crippen LogP contribution in [0.3, 0.4) is 0 Å². The number of aryl methyl sites for hydroxylation is 1. The first-order valence-corrected chi connectivity index (χ1v) is 9.04. The summed E-state index contributed by atoms with van der Waals surface area (Å²) in [6.45, 7) is 1.99. The van der Waals surface area contributed by atoms with Gasteiger partial charge in [0.1, 0.15) is 10.6 Å². The van der Waals surface area contributed by atoms with Crippen molar-refractivity contribution in [1.29, 1.82) is 0 Å². The van der Waals surface area contributed by atoms with E-state index in [4.69, 9.17) is 0 Å². The maximum Gasteiger partial charge on any atom is 0.450 e. The van der Waals surface area contributed by atoms with E-state index in [0.29, 0.717) is 9.95 Å². The van der Waals surface area contributed by atoms with Gasteiger partial charge in [-0.3, -0.25) is 9.36 Å². The second-order valence-electron chi connectivity index (χ2n) is 6.50. The molecule has 4 rings (SSSR count). The van der Waals surface area contributed by atoms with Crippen molar-refractivity contribution < 1.29 is 18.3 Å². The van der Waals surface area contributed by atoms with Gasteiger partial charge in [0.05, 0.1) is 11.1 Å². The van der Waals surface area contributed by atoms with Gasteiger partial charge >= 0.3 is 6.18 Å². The minimum atomic E-state index is -4.78. The van der Waals surface area contributed by atoms with E-state index in [1.807, 2.05) is 6.92 Å². The number of nitrogens with zero attached hydrogens (tertiary/aromatic N) is 2. The summed E-state index contributed by atoms with van der Waals surface area (Å²) in [5, 5.41) is 9.70. The molecule has 0 saturated heterocycles. The fourth-order valence-electron chi connectivity index (χ4n) is 3.57. The number of fused-ring (bicyclic) bond motifs is 3. The van der Waals surface area contributed by atoms with Crippen molar-refractivity contribution in [3.05, 3.63) is 50.9 Å². The highest BCUT2D eigenvalue weighted by atomic mass is 32.1. The van der Waals surface area contributed by atoms with Gasteiger partial charge in [0.15, 0.2) is 0 Å². The van der Waals surface area contributed by atoms with E-state index in [-0.39, 0.29) is 22.2 Å². The molecule has 4 nitrogen and oxygen atoms in total. The summed E-state index contributed by atoms with van der Waals surface area (Å²) in [4.78, 5) is 18.1. The van der Waals surface area contributed by atoms with Crippen LogP contribution < -0.4 is 5.56 Å². The van der Waals surface area contributed by atoms with Gasteiger partial charge in [0.2, 0.25) is 5.82 Å². The Kier molecular flexibility index (Phi) is 3.83. The summed E-state index contributed by atoms with van der Waals surface area (Å²) >= 11 is 1.19. The van der Waals surface area contributed by atoms with E-state index in [9.17, 15) is 23.1 Å². The molecule has 1 N–H and O–H groups in total. The van der Waals surface area contributed by atoms with Crippen LogP contribution in [0.25, 0.3) is 15.9 Å². The van der Waals surface area contributed by atoms with Crippen molar-refractivity contribution in [3.8, 4) is 11.4 Å². The molecule has 1 atom stereocenters. The van der Waals surface area contributed by atoms with E-state index in [1.54, 1.807) is 0 Å². The number of hydrogen-bond donors (Lipinski definition) is 1. The number of thiophene rings is 1. The number of benzene rings is 1. The average Bonchev–Trinajstić information content (AvgIpc) is 2.95. The van der Waals surface area contributed by atoms with Gasteiger partial charge < -0.3 is 5.11 Å². The lowest BCUT2D eigenvalue weighted by molar-refractivity contribution is -0.146. The number of rotatable bonds is 1. The van der Waals surface area contributed by atoms with Crippen LogP contribution in [0.2, 0.25) is 0 Å². The molecule has 3 aromatic rings. The number of aromatic nitrogens is 2. The summed E-state index contributed by atoms with van der Waals surface area (Å²) in [5.41, 5.74) is 0.159. The predicted octanol–water partition coefficient (Wildman–Crippen LogP) is 4.61. The number of hydrogen-bond acceptors (Lipinski definition) is 4. The normalized spacial score (nSPS) is 17.5. The zero-order valence-electron chi connectivity index (χ0n) is 13.8. The van der Waals surface area contributed by atoms with Crippen LogP contribution in [-0.2, 0) is 12.6 Å². The molecule has 1 aliphatic carbocycles. The van der Waals surface area contributed by atoms with Crippen molar-refractivity contribution in [2.45, 2.75) is 38.3 Å². The van der Waals surface area contributed by atoms with E-state index < -0.39 is 17.6 Å². The summed E-state index contributed by atoms with van der Waals surface area (Å²) in [7, 11) is 0. The van der Waals surface area contributed by atoms with E-state index in [1.165, 1.54) is 35.6 Å². The first-order chi connectivity index (χ1) is 12.3. The number of phenols is 1. The lowest BCUT2D eigenvalue weighted by Gasteiger charge is -2.19. The number of phenolic OH excluding ortho intramolecular Hbond substituents is 1. The van der Waals surface area contributed by atoms with Crippen LogP contribution in [-0.4, -0.2) is 14.7 Å². The molecule has 2 heterocycles. The second kappa shape index (κ2) is 5.84. The molecule has 0 aliphatic heterocycles. The van der Waals surface area contributed by atoms with Crippen molar-refractivity contribution in [2.75, 3.05) is 0 Å². The SMILES string of the molecule is CC1CCCc2sc3nc(C(F)(F)F)n(-c4ccc(O)cc4)c(=O)c3c21. The van der Waals surface area contributed by atoms with E-state index in [0.717, 1.165) is 29.7 Å². The predicted molar refractivity (Wildman–Crippen MR) is 93.2 cm³/mol. The van der Waals surface area contributed by atoms with Crippen LogP contribution in [0.5, 0.6) is 5.75 Å². The zero-order chi connectivity index (χ0) is 18.6. The van der Waals surface area contributed by atoms with Gasteiger partial charge in [-0.25, -0.2) is 4.98 Å². The summed E-state index contributed by atoms with van der Waals surface area (Å²) in [6, 6.07) is 5.05. The van der Waals surface area contributed by atoms with Crippen molar-refractivity contribution in [1.82, 2.24) is 9.55 Å². The molecule has 2 aromatic heterocycles. The molecule has 0 amide bonds. The Bertz CT molecular complexity index is 1050. The molecule has 8 heteroatoms. The molecule has 0 bridgehead atoms. The fourth-order valence-corrected chi connectivity index (χ4v) is 4.89. The second-order valence-corrected chi connectivity index (χ2v) is 7.59. The lowest BCUT2D eigenvalue weighted by atomic mass is 9.88. The lowest BCUT2D eigenvalue weighted by Crippen LogP contribution is -2.29. The van der Waals surface area contributed by atoms with E-state index >= 15 is 0 Å². The maximum absolute atomic E-state index is 13.6. The van der Waals surface area contributed by atoms with E-state index in [2.05, 4.69) is 4.98 Å². The largest absolute Gasteiger partial charge is 0.508 e. The smallest absolute Gasteiger partial charge is 0.450 e. The highest BCUT2D eigenvalue weighted by molar-refractivity contribution is 7.18. The zero-order valence-corrected chi connectivity index (χ0v) is 14.6. The summed E-state index contributed by atoms with van der Waals surface area (Å²) < 4.78 is 41.5. The number of alkyl halides is 3. The monoisotopic (exact) mass is 380 g/mol. The molecule has 0 radical (unpaired) electrons. The first kappa shape index (κ1) is 17.1. The van der Waals surface area contributed by atoms with Gasteiger partial charge in [0.25, 0.3) is 5.56 Å². The molecular weight excluding hydrogens is 365 g/mol. The molecule has 136 valence electrons. The van der Waals surface area contributed by atoms with Gasteiger partial charge in [-0.15, -0.1) is 11.3 Å². The molecule has 0 saturated carbocycles. The Labute approximate surface area is 150 Å². The quantitative estimate of drug-likeness (QED) is 0.671. The minimum Gasteiger partial charge on any atom is -0.508 e. The molecular formula is C18H15F3N2O2S. The Hall–Kier alpha value is -2.35. The first-order valence-electron chi connectivity index (χ1n) is 8.22. The Morgan fingerprint density at radius 2 is 1.96 bits per heavy atom. The van der Waals surface area contributed by atoms with Gasteiger partial charge in [-0.2, -0.15) is 13.2 Å². The summed E-state index contributed by atoms with van der Waals surface area (Å²) in [5.74, 6) is -1.22. The molecule has 1 unspecified atom stereocenters. The third kappa shape index (κ3) is 2.59. The average molecular weight is 380 g/mol. The third-order valence-electron chi connectivity index (χ3n) is 4.73.